The zero-order chi connectivity index (χ0) is 14.2. The minimum Gasteiger partial charge on any atom is -0.462 e. The van der Waals surface area contributed by atoms with Crippen LogP contribution in [0.5, 0.6) is 0 Å². The van der Waals surface area contributed by atoms with Crippen molar-refractivity contribution in [3.8, 4) is 0 Å². The van der Waals surface area contributed by atoms with Gasteiger partial charge < -0.3 is 9.72 Å². The fourth-order valence-corrected chi connectivity index (χ4v) is 2.33. The van der Waals surface area contributed by atoms with Crippen molar-refractivity contribution in [3.05, 3.63) is 32.7 Å². The van der Waals surface area contributed by atoms with Crippen LogP contribution in [0.2, 0.25) is 0 Å². The number of hydrogen-bond acceptors (Lipinski definition) is 3. The Kier molecular flexibility index (Phi) is 3.38. The first-order valence-electron chi connectivity index (χ1n) is 5.88. The average Bonchev–Trinajstić information content (AvgIpc) is 2.73. The molecule has 1 aliphatic rings. The van der Waals surface area contributed by atoms with Gasteiger partial charge in [0, 0.05) is 5.69 Å². The van der Waals surface area contributed by atoms with E-state index in [1.165, 1.54) is 6.92 Å². The van der Waals surface area contributed by atoms with Gasteiger partial charge >= 0.3 is 12.1 Å². The predicted octanol–water partition coefficient (Wildman–Crippen LogP) is 2.06. The molecule has 7 heteroatoms. The van der Waals surface area contributed by atoms with Gasteiger partial charge in [-0.25, -0.2) is 4.79 Å². The molecule has 4 nitrogen and oxygen atoms in total. The van der Waals surface area contributed by atoms with Gasteiger partial charge in [0.05, 0.1) is 12.2 Å². The SMILES string of the molecule is CCOC(=O)c1c(C(F)(F)F)c2c([nH]c1=O)CCC2. The molecule has 0 saturated heterocycles. The topological polar surface area (TPSA) is 59.2 Å². The number of carbonyl (C=O) groups excluding carboxylic acids is 1. The number of nitrogens with one attached hydrogen (secondary N) is 1. The van der Waals surface area contributed by atoms with Crippen LogP contribution in [0.3, 0.4) is 0 Å². The molecule has 0 unspecified atom stereocenters. The summed E-state index contributed by atoms with van der Waals surface area (Å²) in [6, 6.07) is 0. The summed E-state index contributed by atoms with van der Waals surface area (Å²) in [7, 11) is 0. The Hall–Kier alpha value is -1.79. The first-order valence-corrected chi connectivity index (χ1v) is 5.88. The lowest BCUT2D eigenvalue weighted by atomic mass is 10.0. The molecule has 0 saturated carbocycles. The monoisotopic (exact) mass is 275 g/mol. The zero-order valence-electron chi connectivity index (χ0n) is 10.2. The molecule has 104 valence electrons. The molecule has 1 aromatic rings. The molecule has 0 aliphatic heterocycles. The van der Waals surface area contributed by atoms with E-state index in [2.05, 4.69) is 9.72 Å². The molecule has 2 rings (SSSR count). The summed E-state index contributed by atoms with van der Waals surface area (Å²) in [5.74, 6) is -1.23. The van der Waals surface area contributed by atoms with Crippen molar-refractivity contribution in [2.45, 2.75) is 32.4 Å². The van der Waals surface area contributed by atoms with Gasteiger partial charge in [-0.05, 0) is 31.7 Å². The number of aromatic nitrogens is 1. The number of pyridine rings is 1. The van der Waals surface area contributed by atoms with Gasteiger partial charge in [-0.2, -0.15) is 13.2 Å². The van der Waals surface area contributed by atoms with E-state index in [9.17, 15) is 22.8 Å². The number of halogens is 3. The van der Waals surface area contributed by atoms with E-state index >= 15 is 0 Å². The Bertz CT molecular complexity index is 575. The van der Waals surface area contributed by atoms with Gasteiger partial charge in [0.1, 0.15) is 5.56 Å². The van der Waals surface area contributed by atoms with Crippen molar-refractivity contribution >= 4 is 5.97 Å². The number of ether oxygens (including phenoxy) is 1. The number of aryl methyl sites for hydroxylation is 1. The summed E-state index contributed by atoms with van der Waals surface area (Å²) in [6.07, 6.45) is -3.63. The van der Waals surface area contributed by atoms with E-state index in [0.29, 0.717) is 12.8 Å². The number of rotatable bonds is 2. The van der Waals surface area contributed by atoms with Crippen LogP contribution < -0.4 is 5.56 Å². The summed E-state index contributed by atoms with van der Waals surface area (Å²) >= 11 is 0. The lowest BCUT2D eigenvalue weighted by Gasteiger charge is -2.15. The summed E-state index contributed by atoms with van der Waals surface area (Å²) < 4.78 is 43.9. The van der Waals surface area contributed by atoms with Gasteiger partial charge in [-0.3, -0.25) is 4.79 Å². The average molecular weight is 275 g/mol. The van der Waals surface area contributed by atoms with Crippen LogP contribution in [0.1, 0.15) is 40.5 Å². The Morgan fingerprint density at radius 3 is 2.63 bits per heavy atom. The van der Waals surface area contributed by atoms with Crippen LogP contribution in [0, 0.1) is 0 Å². The maximum atomic E-state index is 13.1. The maximum absolute atomic E-state index is 13.1. The van der Waals surface area contributed by atoms with E-state index in [-0.39, 0.29) is 24.3 Å². The molecule has 0 fully saturated rings. The largest absolute Gasteiger partial charge is 0.462 e. The number of aromatic amines is 1. The van der Waals surface area contributed by atoms with Crippen molar-refractivity contribution in [1.82, 2.24) is 4.98 Å². The standard InChI is InChI=1S/C12H12F3NO3/c1-2-19-11(18)8-9(12(13,14)15)6-4-3-5-7(6)16-10(8)17/h2-5H2,1H3,(H,16,17). The smallest absolute Gasteiger partial charge is 0.417 e. The fraction of sp³-hybridized carbons (Fsp3) is 0.500. The van der Waals surface area contributed by atoms with Crippen LogP contribution in [0.4, 0.5) is 13.2 Å². The second-order valence-electron chi connectivity index (χ2n) is 4.23. The van der Waals surface area contributed by atoms with Crippen molar-refractivity contribution < 1.29 is 22.7 Å². The lowest BCUT2D eigenvalue weighted by Crippen LogP contribution is -2.28. The highest BCUT2D eigenvalue weighted by Crippen LogP contribution is 2.37. The Labute approximate surface area is 106 Å². The quantitative estimate of drug-likeness (QED) is 0.840. The van der Waals surface area contributed by atoms with E-state index in [1.54, 1.807) is 0 Å². The van der Waals surface area contributed by atoms with Gasteiger partial charge in [-0.15, -0.1) is 0 Å². The molecule has 0 atom stereocenters. The fourth-order valence-electron chi connectivity index (χ4n) is 2.33. The predicted molar refractivity (Wildman–Crippen MR) is 60.0 cm³/mol. The van der Waals surface area contributed by atoms with Crippen LogP contribution in [0.25, 0.3) is 0 Å². The molecule has 1 heterocycles. The minimum absolute atomic E-state index is 0.00940. The number of esters is 1. The second-order valence-corrected chi connectivity index (χ2v) is 4.23. The summed E-state index contributed by atoms with van der Waals surface area (Å²) in [5.41, 5.74) is -2.83. The van der Waals surface area contributed by atoms with E-state index in [1.807, 2.05) is 0 Å². The van der Waals surface area contributed by atoms with E-state index < -0.39 is 28.8 Å². The minimum atomic E-state index is -4.75. The zero-order valence-corrected chi connectivity index (χ0v) is 10.2. The number of hydrogen-bond donors (Lipinski definition) is 1. The highest BCUT2D eigenvalue weighted by Gasteiger charge is 2.42. The molecule has 1 aliphatic carbocycles. The third-order valence-electron chi connectivity index (χ3n) is 3.02. The molecular formula is C12H12F3NO3. The molecule has 0 amide bonds. The normalized spacial score (nSPS) is 14.3. The van der Waals surface area contributed by atoms with Crippen LogP contribution in [0.15, 0.2) is 4.79 Å². The Morgan fingerprint density at radius 2 is 2.05 bits per heavy atom. The van der Waals surface area contributed by atoms with Gasteiger partial charge in [-0.1, -0.05) is 0 Å². The Morgan fingerprint density at radius 1 is 1.37 bits per heavy atom. The third-order valence-corrected chi connectivity index (χ3v) is 3.02. The second kappa shape index (κ2) is 4.71. The lowest BCUT2D eigenvalue weighted by molar-refractivity contribution is -0.138. The molecule has 1 N–H and O–H groups in total. The first kappa shape index (κ1) is 13.6. The summed E-state index contributed by atoms with van der Waals surface area (Å²) in [5, 5.41) is 0. The Balaban J connectivity index is 2.72. The van der Waals surface area contributed by atoms with Gasteiger partial charge in [0.25, 0.3) is 5.56 Å². The van der Waals surface area contributed by atoms with Crippen LogP contribution in [-0.2, 0) is 23.8 Å². The van der Waals surface area contributed by atoms with E-state index in [4.69, 9.17) is 0 Å². The van der Waals surface area contributed by atoms with Gasteiger partial charge in [0.2, 0.25) is 0 Å². The van der Waals surface area contributed by atoms with E-state index in [0.717, 1.165) is 0 Å². The number of fused-ring (bicyclic) bond motifs is 1. The molecule has 0 bridgehead atoms. The number of carbonyl (C=O) groups is 1. The highest BCUT2D eigenvalue weighted by atomic mass is 19.4. The summed E-state index contributed by atoms with van der Waals surface area (Å²) in [6.45, 7) is 1.37. The van der Waals surface area contributed by atoms with Gasteiger partial charge in [0.15, 0.2) is 0 Å². The van der Waals surface area contributed by atoms with Crippen molar-refractivity contribution in [2.24, 2.45) is 0 Å². The summed E-state index contributed by atoms with van der Waals surface area (Å²) in [4.78, 5) is 25.6. The van der Waals surface area contributed by atoms with Crippen LogP contribution in [-0.4, -0.2) is 17.6 Å². The maximum Gasteiger partial charge on any atom is 0.417 e. The van der Waals surface area contributed by atoms with Crippen molar-refractivity contribution in [2.75, 3.05) is 6.61 Å². The van der Waals surface area contributed by atoms with Crippen LogP contribution >= 0.6 is 0 Å². The first-order chi connectivity index (χ1) is 8.86. The molecule has 19 heavy (non-hydrogen) atoms. The number of alkyl halides is 3. The highest BCUT2D eigenvalue weighted by molar-refractivity contribution is 5.91. The molecule has 1 aromatic heterocycles. The molecule has 0 aromatic carbocycles. The third kappa shape index (κ3) is 2.36. The molecule has 0 spiro atoms. The van der Waals surface area contributed by atoms with Crippen molar-refractivity contribution in [3.63, 3.8) is 0 Å². The molecular weight excluding hydrogens is 263 g/mol. The number of H-pyrrole nitrogens is 1. The van der Waals surface area contributed by atoms with Crippen molar-refractivity contribution in [1.29, 1.82) is 0 Å². The molecule has 0 radical (unpaired) electrons.